The van der Waals surface area contributed by atoms with Crippen LogP contribution in [0.5, 0.6) is 0 Å². The zero-order valence-corrected chi connectivity index (χ0v) is 7.74. The van der Waals surface area contributed by atoms with Crippen molar-refractivity contribution in [3.63, 3.8) is 0 Å². The summed E-state index contributed by atoms with van der Waals surface area (Å²) in [4.78, 5) is 2.00. The molecule has 1 spiro atoms. The van der Waals surface area contributed by atoms with Gasteiger partial charge in [0.25, 0.3) is 0 Å². The number of rotatable bonds is 4. The topological polar surface area (TPSA) is 63.9 Å². The second-order valence-corrected chi connectivity index (χ2v) is 4.55. The highest BCUT2D eigenvalue weighted by Gasteiger charge is 2.57. The molecule has 3 N–H and O–H groups in total. The first-order valence-electron chi connectivity index (χ1n) is 4.78. The van der Waals surface area contributed by atoms with Gasteiger partial charge in [0, 0.05) is 13.1 Å². The second kappa shape index (κ2) is 2.92. The number of hydrogen-bond acceptors (Lipinski definition) is 4. The lowest BCUT2D eigenvalue weighted by molar-refractivity contribution is -0.105. The smallest absolute Gasteiger partial charge is 0.0906 e. The van der Waals surface area contributed by atoms with Crippen molar-refractivity contribution in [1.29, 1.82) is 0 Å². The van der Waals surface area contributed by atoms with E-state index in [9.17, 15) is 0 Å². The fraction of sp³-hybridized carbons (Fsp3) is 1.00. The summed E-state index contributed by atoms with van der Waals surface area (Å²) in [6, 6.07) is 0. The molecular weight excluding hydrogens is 170 g/mol. The fourth-order valence-electron chi connectivity index (χ4n) is 2.04. The Morgan fingerprint density at radius 1 is 1.00 bits per heavy atom. The largest absolute Gasteiger partial charge is 0.394 e. The molecule has 2 fully saturated rings. The van der Waals surface area contributed by atoms with Gasteiger partial charge in [-0.1, -0.05) is 0 Å². The summed E-state index contributed by atoms with van der Waals surface area (Å²) in [5, 5.41) is 27.4. The van der Waals surface area contributed by atoms with Gasteiger partial charge in [0.2, 0.25) is 0 Å². The van der Waals surface area contributed by atoms with Crippen LogP contribution in [0.3, 0.4) is 0 Å². The summed E-state index contributed by atoms with van der Waals surface area (Å²) < 4.78 is 0. The summed E-state index contributed by atoms with van der Waals surface area (Å²) >= 11 is 0. The van der Waals surface area contributed by atoms with Crippen molar-refractivity contribution in [2.24, 2.45) is 5.41 Å². The molecule has 4 heteroatoms. The van der Waals surface area contributed by atoms with Crippen LogP contribution in [0.4, 0.5) is 0 Å². The Bertz CT molecular complexity index is 183. The molecule has 2 rings (SSSR count). The first-order chi connectivity index (χ1) is 6.20. The Balaban J connectivity index is 1.96. The van der Waals surface area contributed by atoms with E-state index in [0.717, 1.165) is 13.1 Å². The lowest BCUT2D eigenvalue weighted by atomic mass is 9.88. The average Bonchev–Trinajstić information content (AvgIpc) is 2.87. The Labute approximate surface area is 77.8 Å². The number of aliphatic hydroxyl groups excluding tert-OH is 3. The molecule has 4 nitrogen and oxygen atoms in total. The minimum absolute atomic E-state index is 0.171. The van der Waals surface area contributed by atoms with Crippen molar-refractivity contribution < 1.29 is 15.3 Å². The molecule has 76 valence electrons. The number of likely N-dealkylation sites (tertiary alicyclic amines) is 1. The molecule has 1 saturated carbocycles. The molecule has 0 atom stereocenters. The van der Waals surface area contributed by atoms with E-state index in [1.54, 1.807) is 0 Å². The molecule has 1 aliphatic heterocycles. The van der Waals surface area contributed by atoms with Crippen molar-refractivity contribution in [3.8, 4) is 0 Å². The lowest BCUT2D eigenvalue weighted by Crippen LogP contribution is -2.66. The molecule has 0 radical (unpaired) electrons. The highest BCUT2D eigenvalue weighted by Crippen LogP contribution is 2.54. The van der Waals surface area contributed by atoms with E-state index in [4.69, 9.17) is 15.3 Å². The van der Waals surface area contributed by atoms with Gasteiger partial charge in [-0.05, 0) is 18.3 Å². The van der Waals surface area contributed by atoms with Crippen LogP contribution in [0.1, 0.15) is 12.8 Å². The molecule has 0 aromatic rings. The van der Waals surface area contributed by atoms with E-state index < -0.39 is 5.54 Å². The Kier molecular flexibility index (Phi) is 2.11. The van der Waals surface area contributed by atoms with Crippen LogP contribution >= 0.6 is 0 Å². The maximum absolute atomic E-state index is 9.14. The zero-order valence-electron chi connectivity index (χ0n) is 7.74. The molecule has 0 unspecified atom stereocenters. The van der Waals surface area contributed by atoms with E-state index in [1.165, 1.54) is 12.8 Å². The normalized spacial score (nSPS) is 26.1. The molecule has 1 heterocycles. The van der Waals surface area contributed by atoms with Gasteiger partial charge in [-0.3, -0.25) is 4.90 Å². The molecule has 0 bridgehead atoms. The predicted octanol–water partition coefficient (Wildman–Crippen LogP) is -1.20. The van der Waals surface area contributed by atoms with Crippen molar-refractivity contribution in [3.05, 3.63) is 0 Å². The molecule has 0 aromatic heterocycles. The van der Waals surface area contributed by atoms with E-state index in [2.05, 4.69) is 0 Å². The average molecular weight is 187 g/mol. The quantitative estimate of drug-likeness (QED) is 0.517. The van der Waals surface area contributed by atoms with Gasteiger partial charge in [-0.25, -0.2) is 0 Å². The van der Waals surface area contributed by atoms with Crippen LogP contribution in [-0.2, 0) is 0 Å². The molecule has 0 aromatic carbocycles. The SMILES string of the molecule is OCC(CO)(CO)N1CC2(CC2)C1. The minimum Gasteiger partial charge on any atom is -0.394 e. The number of aliphatic hydroxyl groups is 3. The Morgan fingerprint density at radius 3 is 1.77 bits per heavy atom. The molecule has 2 aliphatic rings. The third-order valence-corrected chi connectivity index (χ3v) is 3.56. The van der Waals surface area contributed by atoms with Gasteiger partial charge in [-0.2, -0.15) is 0 Å². The molecule has 1 aliphatic carbocycles. The van der Waals surface area contributed by atoms with Crippen LogP contribution in [0.25, 0.3) is 0 Å². The van der Waals surface area contributed by atoms with Crippen LogP contribution in [0, 0.1) is 5.41 Å². The van der Waals surface area contributed by atoms with E-state index in [-0.39, 0.29) is 19.8 Å². The summed E-state index contributed by atoms with van der Waals surface area (Å²) in [6.07, 6.45) is 2.53. The predicted molar refractivity (Wildman–Crippen MR) is 47.2 cm³/mol. The van der Waals surface area contributed by atoms with Gasteiger partial charge in [0.05, 0.1) is 25.4 Å². The Morgan fingerprint density at radius 2 is 1.46 bits per heavy atom. The van der Waals surface area contributed by atoms with Crippen molar-refractivity contribution in [2.75, 3.05) is 32.9 Å². The van der Waals surface area contributed by atoms with Gasteiger partial charge in [-0.15, -0.1) is 0 Å². The first kappa shape index (κ1) is 9.40. The molecule has 13 heavy (non-hydrogen) atoms. The lowest BCUT2D eigenvalue weighted by Gasteiger charge is -2.50. The van der Waals surface area contributed by atoms with E-state index in [0.29, 0.717) is 5.41 Å². The van der Waals surface area contributed by atoms with Gasteiger partial charge < -0.3 is 15.3 Å². The molecule has 0 amide bonds. The van der Waals surface area contributed by atoms with Crippen molar-refractivity contribution >= 4 is 0 Å². The minimum atomic E-state index is -0.784. The van der Waals surface area contributed by atoms with E-state index >= 15 is 0 Å². The monoisotopic (exact) mass is 187 g/mol. The van der Waals surface area contributed by atoms with E-state index in [1.807, 2.05) is 4.90 Å². The van der Waals surface area contributed by atoms with Crippen LogP contribution in [0.15, 0.2) is 0 Å². The zero-order chi connectivity index (χ0) is 9.53. The highest BCUT2D eigenvalue weighted by molar-refractivity contribution is 5.10. The van der Waals surface area contributed by atoms with Gasteiger partial charge >= 0.3 is 0 Å². The summed E-state index contributed by atoms with van der Waals surface area (Å²) in [5.41, 5.74) is -0.293. The summed E-state index contributed by atoms with van der Waals surface area (Å²) in [5.74, 6) is 0. The van der Waals surface area contributed by atoms with Crippen LogP contribution in [0.2, 0.25) is 0 Å². The number of hydrogen-bond donors (Lipinski definition) is 3. The second-order valence-electron chi connectivity index (χ2n) is 4.55. The summed E-state index contributed by atoms with van der Waals surface area (Å²) in [6.45, 7) is 1.34. The highest BCUT2D eigenvalue weighted by atomic mass is 16.3. The van der Waals surface area contributed by atoms with Gasteiger partial charge in [0.1, 0.15) is 0 Å². The fourth-order valence-corrected chi connectivity index (χ4v) is 2.04. The maximum Gasteiger partial charge on any atom is 0.0906 e. The van der Waals surface area contributed by atoms with Crippen molar-refractivity contribution in [2.45, 2.75) is 18.4 Å². The van der Waals surface area contributed by atoms with Crippen LogP contribution < -0.4 is 0 Å². The third-order valence-electron chi connectivity index (χ3n) is 3.56. The standard InChI is InChI=1S/C9H17NO3/c11-5-9(6-12,7-13)10-3-8(4-10)1-2-8/h11-13H,1-7H2. The molecular formula is C9H17NO3. The van der Waals surface area contributed by atoms with Crippen molar-refractivity contribution in [1.82, 2.24) is 4.90 Å². The number of nitrogens with zero attached hydrogens (tertiary/aromatic N) is 1. The Hall–Kier alpha value is -0.160. The molecule has 1 saturated heterocycles. The van der Waals surface area contributed by atoms with Crippen LogP contribution in [-0.4, -0.2) is 58.7 Å². The first-order valence-corrected chi connectivity index (χ1v) is 4.78. The third kappa shape index (κ3) is 1.29. The summed E-state index contributed by atoms with van der Waals surface area (Å²) in [7, 11) is 0. The maximum atomic E-state index is 9.14. The van der Waals surface area contributed by atoms with Gasteiger partial charge in [0.15, 0.2) is 0 Å².